The second-order valence-corrected chi connectivity index (χ2v) is 4.59. The minimum Gasteiger partial charge on any atom is -0.378 e. The average molecular weight is 241 g/mol. The molecule has 0 aliphatic carbocycles. The van der Waals surface area contributed by atoms with Crippen LogP contribution in [0.15, 0.2) is 18.2 Å². The smallest absolute Gasteiger partial charge is 0.0662 e. The molecular weight excluding hydrogens is 224 g/mol. The zero-order chi connectivity index (χ0) is 11.5. The van der Waals surface area contributed by atoms with Crippen LogP contribution in [0, 0.1) is 0 Å². The van der Waals surface area contributed by atoms with Crippen LogP contribution in [0.2, 0.25) is 5.02 Å². The van der Waals surface area contributed by atoms with E-state index in [9.17, 15) is 0 Å². The van der Waals surface area contributed by atoms with E-state index >= 15 is 0 Å². The summed E-state index contributed by atoms with van der Waals surface area (Å²) >= 11 is 6.28. The summed E-state index contributed by atoms with van der Waals surface area (Å²) in [6.45, 7) is 2.36. The molecule has 1 aliphatic rings. The molecule has 1 aromatic carbocycles. The third kappa shape index (κ3) is 2.48. The number of nitrogens with zero attached hydrogens (tertiary/aromatic N) is 1. The molecule has 0 unspecified atom stereocenters. The lowest BCUT2D eigenvalue weighted by Gasteiger charge is -2.25. The molecule has 0 radical (unpaired) electrons. The lowest BCUT2D eigenvalue weighted by molar-refractivity contribution is 0.0769. The van der Waals surface area contributed by atoms with Crippen molar-refractivity contribution in [3.63, 3.8) is 0 Å². The Morgan fingerprint density at radius 1 is 1.44 bits per heavy atom. The Morgan fingerprint density at radius 2 is 2.25 bits per heavy atom. The molecule has 1 atom stereocenters. The highest BCUT2D eigenvalue weighted by molar-refractivity contribution is 6.31. The first-order valence-corrected chi connectivity index (χ1v) is 5.84. The summed E-state index contributed by atoms with van der Waals surface area (Å²) in [6, 6.07) is 6.37. The van der Waals surface area contributed by atoms with Gasteiger partial charge in [-0.3, -0.25) is 0 Å². The molecule has 4 heteroatoms. The van der Waals surface area contributed by atoms with E-state index in [1.54, 1.807) is 0 Å². The number of ether oxygens (including phenoxy) is 1. The Balaban J connectivity index is 2.21. The van der Waals surface area contributed by atoms with Crippen LogP contribution in [0.1, 0.15) is 11.6 Å². The van der Waals surface area contributed by atoms with E-state index in [1.165, 1.54) is 0 Å². The van der Waals surface area contributed by atoms with Gasteiger partial charge in [0.1, 0.15) is 0 Å². The fraction of sp³-hybridized carbons (Fsp3) is 0.500. The Labute approximate surface area is 101 Å². The second kappa shape index (κ2) is 5.04. The minimum absolute atomic E-state index is 0.220. The van der Waals surface area contributed by atoms with Gasteiger partial charge >= 0.3 is 0 Å². The van der Waals surface area contributed by atoms with E-state index in [4.69, 9.17) is 16.3 Å². The first kappa shape index (κ1) is 11.7. The normalized spacial score (nSPS) is 20.8. The predicted molar refractivity (Wildman–Crippen MR) is 67.3 cm³/mol. The van der Waals surface area contributed by atoms with Crippen molar-refractivity contribution in [2.45, 2.75) is 6.04 Å². The van der Waals surface area contributed by atoms with E-state index in [0.29, 0.717) is 6.61 Å². The summed E-state index contributed by atoms with van der Waals surface area (Å²) in [5.74, 6) is 0. The molecule has 3 nitrogen and oxygen atoms in total. The van der Waals surface area contributed by atoms with E-state index in [0.717, 1.165) is 29.4 Å². The number of hydrogen-bond acceptors (Lipinski definition) is 3. The van der Waals surface area contributed by atoms with Crippen molar-refractivity contribution in [2.24, 2.45) is 0 Å². The average Bonchev–Trinajstić information content (AvgIpc) is 2.30. The molecule has 1 fully saturated rings. The molecule has 1 N–H and O–H groups in total. The van der Waals surface area contributed by atoms with E-state index in [-0.39, 0.29) is 6.04 Å². The lowest BCUT2D eigenvalue weighted by Crippen LogP contribution is -2.34. The maximum absolute atomic E-state index is 6.28. The maximum Gasteiger partial charge on any atom is 0.0662 e. The van der Waals surface area contributed by atoms with Crippen molar-refractivity contribution >= 4 is 17.3 Å². The lowest BCUT2D eigenvalue weighted by atomic mass is 10.1. The number of halogens is 1. The zero-order valence-corrected chi connectivity index (χ0v) is 10.4. The predicted octanol–water partition coefficient (Wildman–Crippen LogP) is 2.07. The van der Waals surface area contributed by atoms with Crippen molar-refractivity contribution in [1.82, 2.24) is 5.32 Å². The topological polar surface area (TPSA) is 24.5 Å². The SMILES string of the molecule is CN(C)c1ccc([C@H]2COCCN2)c(Cl)c1. The van der Waals surface area contributed by atoms with Crippen LogP contribution in [0.3, 0.4) is 0 Å². The number of morpholine rings is 1. The van der Waals surface area contributed by atoms with Crippen LogP contribution in [0.25, 0.3) is 0 Å². The zero-order valence-electron chi connectivity index (χ0n) is 9.66. The Hall–Kier alpha value is -0.770. The third-order valence-corrected chi connectivity index (χ3v) is 3.12. The molecule has 0 saturated carbocycles. The quantitative estimate of drug-likeness (QED) is 0.857. The highest BCUT2D eigenvalue weighted by Gasteiger charge is 2.18. The van der Waals surface area contributed by atoms with Crippen molar-refractivity contribution in [3.05, 3.63) is 28.8 Å². The van der Waals surface area contributed by atoms with Crippen molar-refractivity contribution < 1.29 is 4.74 Å². The molecule has 2 rings (SSSR count). The van der Waals surface area contributed by atoms with Crippen LogP contribution in [0.5, 0.6) is 0 Å². The van der Waals surface area contributed by atoms with Gasteiger partial charge in [0.05, 0.1) is 19.3 Å². The number of benzene rings is 1. The second-order valence-electron chi connectivity index (χ2n) is 4.18. The Bertz CT molecular complexity index is 362. The van der Waals surface area contributed by atoms with Gasteiger partial charge in [0, 0.05) is 31.4 Å². The summed E-state index contributed by atoms with van der Waals surface area (Å²) in [7, 11) is 4.01. The molecule has 1 heterocycles. The molecular formula is C12H17ClN2O. The molecule has 1 aliphatic heterocycles. The molecule has 0 aromatic heterocycles. The van der Waals surface area contributed by atoms with Crippen LogP contribution in [-0.4, -0.2) is 33.9 Å². The molecule has 1 aromatic rings. The van der Waals surface area contributed by atoms with Gasteiger partial charge in [0.25, 0.3) is 0 Å². The first-order chi connectivity index (χ1) is 7.68. The van der Waals surface area contributed by atoms with Gasteiger partial charge in [-0.15, -0.1) is 0 Å². The fourth-order valence-corrected chi connectivity index (χ4v) is 2.15. The third-order valence-electron chi connectivity index (χ3n) is 2.80. The van der Waals surface area contributed by atoms with E-state index < -0.39 is 0 Å². The Morgan fingerprint density at radius 3 is 2.81 bits per heavy atom. The van der Waals surface area contributed by atoms with Crippen LogP contribution in [-0.2, 0) is 4.74 Å². The summed E-state index contributed by atoms with van der Waals surface area (Å²) in [6.07, 6.45) is 0. The van der Waals surface area contributed by atoms with Crippen LogP contribution in [0.4, 0.5) is 5.69 Å². The van der Waals surface area contributed by atoms with E-state index in [2.05, 4.69) is 17.4 Å². The van der Waals surface area contributed by atoms with Gasteiger partial charge in [-0.1, -0.05) is 17.7 Å². The maximum atomic E-state index is 6.28. The highest BCUT2D eigenvalue weighted by Crippen LogP contribution is 2.28. The van der Waals surface area contributed by atoms with Gasteiger partial charge in [-0.25, -0.2) is 0 Å². The van der Waals surface area contributed by atoms with Crippen molar-refractivity contribution in [3.8, 4) is 0 Å². The van der Waals surface area contributed by atoms with E-state index in [1.807, 2.05) is 25.1 Å². The number of anilines is 1. The Kier molecular flexibility index (Phi) is 3.69. The van der Waals surface area contributed by atoms with Gasteiger partial charge in [0.15, 0.2) is 0 Å². The summed E-state index contributed by atoms with van der Waals surface area (Å²) < 4.78 is 5.44. The van der Waals surface area contributed by atoms with Crippen LogP contribution < -0.4 is 10.2 Å². The molecule has 0 bridgehead atoms. The summed E-state index contributed by atoms with van der Waals surface area (Å²) in [5, 5.41) is 4.20. The van der Waals surface area contributed by atoms with Gasteiger partial charge in [-0.05, 0) is 17.7 Å². The van der Waals surface area contributed by atoms with Gasteiger partial charge in [0.2, 0.25) is 0 Å². The molecule has 88 valence electrons. The molecule has 1 saturated heterocycles. The molecule has 0 spiro atoms. The van der Waals surface area contributed by atoms with Gasteiger partial charge in [-0.2, -0.15) is 0 Å². The number of nitrogens with one attached hydrogen (secondary N) is 1. The molecule has 16 heavy (non-hydrogen) atoms. The first-order valence-electron chi connectivity index (χ1n) is 5.46. The monoisotopic (exact) mass is 240 g/mol. The largest absolute Gasteiger partial charge is 0.378 e. The van der Waals surface area contributed by atoms with Gasteiger partial charge < -0.3 is 15.0 Å². The minimum atomic E-state index is 0.220. The standard InChI is InChI=1S/C12H17ClN2O/c1-15(2)9-3-4-10(11(13)7-9)12-8-16-6-5-14-12/h3-4,7,12,14H,5-6,8H2,1-2H3/t12-/m1/s1. The summed E-state index contributed by atoms with van der Waals surface area (Å²) in [4.78, 5) is 2.04. The fourth-order valence-electron chi connectivity index (χ4n) is 1.84. The summed E-state index contributed by atoms with van der Waals surface area (Å²) in [5.41, 5.74) is 2.23. The van der Waals surface area contributed by atoms with Crippen LogP contribution >= 0.6 is 11.6 Å². The number of rotatable bonds is 2. The molecule has 0 amide bonds. The number of hydrogen-bond donors (Lipinski definition) is 1. The van der Waals surface area contributed by atoms with Crippen molar-refractivity contribution in [1.29, 1.82) is 0 Å². The highest BCUT2D eigenvalue weighted by atomic mass is 35.5. The van der Waals surface area contributed by atoms with Crippen molar-refractivity contribution in [2.75, 3.05) is 38.8 Å².